The monoisotopic (exact) mass is 249 g/mol. The van der Waals surface area contributed by atoms with Gasteiger partial charge in [0, 0.05) is 6.42 Å². The molecule has 1 amide bonds. The molecule has 0 saturated heterocycles. The molecule has 1 unspecified atom stereocenters. The quantitative estimate of drug-likeness (QED) is 0.730. The Hall–Kier alpha value is -2.17. The van der Waals surface area contributed by atoms with E-state index < -0.39 is 17.9 Å². The second kappa shape index (κ2) is 6.54. The molecule has 1 aromatic rings. The van der Waals surface area contributed by atoms with Gasteiger partial charge in [-0.3, -0.25) is 9.59 Å². The molecule has 1 rings (SSSR count). The van der Waals surface area contributed by atoms with Gasteiger partial charge in [0.05, 0.1) is 6.42 Å². The van der Waals surface area contributed by atoms with Crippen molar-refractivity contribution < 1.29 is 19.5 Å². The fourth-order valence-corrected chi connectivity index (χ4v) is 1.52. The van der Waals surface area contributed by atoms with Gasteiger partial charge in [0.2, 0.25) is 5.91 Å². The average Bonchev–Trinajstić information content (AvgIpc) is 2.28. The number of carbonyl (C=O) groups is 3. The average molecular weight is 249 g/mol. The summed E-state index contributed by atoms with van der Waals surface area (Å²) in [5.74, 6) is -1.97. The topological polar surface area (TPSA) is 83.5 Å². The highest BCUT2D eigenvalue weighted by molar-refractivity contribution is 5.98. The molecule has 0 bridgehead atoms. The predicted octanol–water partition coefficient (Wildman–Crippen LogP) is 0.778. The first-order valence-corrected chi connectivity index (χ1v) is 5.54. The van der Waals surface area contributed by atoms with Crippen molar-refractivity contribution in [2.45, 2.75) is 25.8 Å². The van der Waals surface area contributed by atoms with E-state index in [1.165, 1.54) is 6.92 Å². The van der Waals surface area contributed by atoms with E-state index in [-0.39, 0.29) is 18.6 Å². The molecule has 96 valence electrons. The van der Waals surface area contributed by atoms with Gasteiger partial charge >= 0.3 is 5.97 Å². The van der Waals surface area contributed by atoms with E-state index in [1.54, 1.807) is 24.3 Å². The minimum atomic E-state index is -1.12. The van der Waals surface area contributed by atoms with Gasteiger partial charge in [0.1, 0.15) is 11.8 Å². The van der Waals surface area contributed by atoms with E-state index in [0.717, 1.165) is 5.56 Å². The van der Waals surface area contributed by atoms with Crippen molar-refractivity contribution >= 4 is 17.7 Å². The van der Waals surface area contributed by atoms with Gasteiger partial charge in [-0.1, -0.05) is 30.3 Å². The molecule has 0 aliphatic rings. The minimum Gasteiger partial charge on any atom is -0.480 e. The first-order valence-electron chi connectivity index (χ1n) is 5.54. The van der Waals surface area contributed by atoms with Gasteiger partial charge in [-0.15, -0.1) is 0 Å². The minimum absolute atomic E-state index is 0.194. The van der Waals surface area contributed by atoms with E-state index in [2.05, 4.69) is 5.32 Å². The first kappa shape index (κ1) is 13.9. The summed E-state index contributed by atoms with van der Waals surface area (Å²) in [6.07, 6.45) is -0.0988. The lowest BCUT2D eigenvalue weighted by Gasteiger charge is -2.14. The highest BCUT2D eigenvalue weighted by atomic mass is 16.4. The number of aliphatic carboxylic acids is 1. The number of rotatable bonds is 6. The zero-order valence-electron chi connectivity index (χ0n) is 10.1. The Morgan fingerprint density at radius 2 is 1.83 bits per heavy atom. The molecule has 5 heteroatoms. The van der Waals surface area contributed by atoms with Crippen LogP contribution in [0.1, 0.15) is 18.9 Å². The number of carboxylic acids is 1. The van der Waals surface area contributed by atoms with E-state index in [1.807, 2.05) is 6.07 Å². The van der Waals surface area contributed by atoms with Gasteiger partial charge in [0.15, 0.2) is 0 Å². The standard InChI is InChI=1S/C13H15NO4/c1-9(15)7-12(16)14-11(13(17)18)8-10-5-3-2-4-6-10/h2-6,11H,7-8H2,1H3,(H,14,16)(H,17,18). The number of benzene rings is 1. The first-order chi connectivity index (χ1) is 8.49. The van der Waals surface area contributed by atoms with Crippen LogP contribution in [-0.4, -0.2) is 28.8 Å². The van der Waals surface area contributed by atoms with Gasteiger partial charge in [-0.2, -0.15) is 0 Å². The summed E-state index contributed by atoms with van der Waals surface area (Å²) in [6.45, 7) is 1.28. The van der Waals surface area contributed by atoms with Crippen LogP contribution in [0.15, 0.2) is 30.3 Å². The van der Waals surface area contributed by atoms with Crippen molar-refractivity contribution in [2.24, 2.45) is 0 Å². The van der Waals surface area contributed by atoms with Crippen molar-refractivity contribution in [2.75, 3.05) is 0 Å². The number of carboxylic acid groups (broad SMARTS) is 1. The Morgan fingerprint density at radius 3 is 2.33 bits per heavy atom. The van der Waals surface area contributed by atoms with Gasteiger partial charge in [-0.25, -0.2) is 4.79 Å². The van der Waals surface area contributed by atoms with Crippen molar-refractivity contribution in [1.82, 2.24) is 5.32 Å². The maximum Gasteiger partial charge on any atom is 0.326 e. The summed E-state index contributed by atoms with van der Waals surface area (Å²) in [4.78, 5) is 33.1. The molecule has 0 saturated carbocycles. The van der Waals surface area contributed by atoms with Crippen LogP contribution in [0.2, 0.25) is 0 Å². The third-order valence-corrected chi connectivity index (χ3v) is 2.33. The summed E-state index contributed by atoms with van der Waals surface area (Å²) in [5.41, 5.74) is 0.813. The third kappa shape index (κ3) is 4.78. The zero-order chi connectivity index (χ0) is 13.5. The van der Waals surface area contributed by atoms with Gasteiger partial charge < -0.3 is 10.4 Å². The predicted molar refractivity (Wildman–Crippen MR) is 65.0 cm³/mol. The third-order valence-electron chi connectivity index (χ3n) is 2.33. The Morgan fingerprint density at radius 1 is 1.22 bits per heavy atom. The molecular formula is C13H15NO4. The molecule has 0 spiro atoms. The molecule has 2 N–H and O–H groups in total. The summed E-state index contributed by atoms with van der Waals surface area (Å²) >= 11 is 0. The van der Waals surface area contributed by atoms with Crippen LogP contribution < -0.4 is 5.32 Å². The Bertz CT molecular complexity index is 442. The molecule has 0 heterocycles. The van der Waals surface area contributed by atoms with Crippen LogP contribution in [0, 0.1) is 0 Å². The summed E-state index contributed by atoms with van der Waals surface area (Å²) in [7, 11) is 0. The van der Waals surface area contributed by atoms with Crippen molar-refractivity contribution in [3.05, 3.63) is 35.9 Å². The smallest absolute Gasteiger partial charge is 0.326 e. The molecule has 0 aliphatic heterocycles. The molecular weight excluding hydrogens is 234 g/mol. The van der Waals surface area contributed by atoms with Crippen LogP contribution in [-0.2, 0) is 20.8 Å². The van der Waals surface area contributed by atoms with E-state index in [4.69, 9.17) is 5.11 Å². The Balaban J connectivity index is 2.64. The lowest BCUT2D eigenvalue weighted by atomic mass is 10.1. The number of hydrogen-bond acceptors (Lipinski definition) is 3. The van der Waals surface area contributed by atoms with Crippen LogP contribution >= 0.6 is 0 Å². The number of hydrogen-bond donors (Lipinski definition) is 2. The number of amides is 1. The highest BCUT2D eigenvalue weighted by Crippen LogP contribution is 2.03. The lowest BCUT2D eigenvalue weighted by Crippen LogP contribution is -2.42. The zero-order valence-corrected chi connectivity index (χ0v) is 10.1. The number of carbonyl (C=O) groups excluding carboxylic acids is 2. The number of Topliss-reactive ketones (excluding diaryl/α,β-unsaturated/α-hetero) is 1. The van der Waals surface area contributed by atoms with Crippen molar-refractivity contribution in [3.8, 4) is 0 Å². The van der Waals surface area contributed by atoms with Crippen LogP contribution in [0.3, 0.4) is 0 Å². The molecule has 0 aliphatic carbocycles. The van der Waals surface area contributed by atoms with E-state index in [0.29, 0.717) is 0 Å². The van der Waals surface area contributed by atoms with Crippen molar-refractivity contribution in [1.29, 1.82) is 0 Å². The second-order valence-corrected chi connectivity index (χ2v) is 4.03. The summed E-state index contributed by atoms with van der Waals surface area (Å²) in [5, 5.41) is 11.4. The van der Waals surface area contributed by atoms with Crippen LogP contribution in [0.25, 0.3) is 0 Å². The molecule has 1 atom stereocenters. The largest absolute Gasteiger partial charge is 0.480 e. The van der Waals surface area contributed by atoms with Gasteiger partial charge in [-0.05, 0) is 12.5 Å². The second-order valence-electron chi connectivity index (χ2n) is 4.03. The van der Waals surface area contributed by atoms with Crippen molar-refractivity contribution in [3.63, 3.8) is 0 Å². The Kier molecular flexibility index (Phi) is 5.05. The number of nitrogens with one attached hydrogen (secondary N) is 1. The SMILES string of the molecule is CC(=O)CC(=O)NC(Cc1ccccc1)C(=O)O. The van der Waals surface area contributed by atoms with Crippen LogP contribution in [0.4, 0.5) is 0 Å². The molecule has 0 radical (unpaired) electrons. The van der Waals surface area contributed by atoms with Gasteiger partial charge in [0.25, 0.3) is 0 Å². The molecule has 18 heavy (non-hydrogen) atoms. The maximum atomic E-state index is 11.4. The summed E-state index contributed by atoms with van der Waals surface area (Å²) < 4.78 is 0. The molecule has 5 nitrogen and oxygen atoms in total. The highest BCUT2D eigenvalue weighted by Gasteiger charge is 2.20. The van der Waals surface area contributed by atoms with E-state index >= 15 is 0 Å². The summed E-state index contributed by atoms with van der Waals surface area (Å²) in [6, 6.07) is 7.98. The van der Waals surface area contributed by atoms with E-state index in [9.17, 15) is 14.4 Å². The Labute approximate surface area is 105 Å². The van der Waals surface area contributed by atoms with Crippen LogP contribution in [0.5, 0.6) is 0 Å². The normalized spacial score (nSPS) is 11.6. The lowest BCUT2D eigenvalue weighted by molar-refractivity contribution is -0.142. The molecule has 0 fully saturated rings. The molecule has 0 aromatic heterocycles. The molecule has 1 aromatic carbocycles. The maximum absolute atomic E-state index is 11.4. The fourth-order valence-electron chi connectivity index (χ4n) is 1.52. The number of ketones is 1. The fraction of sp³-hybridized carbons (Fsp3) is 0.308.